The van der Waals surface area contributed by atoms with E-state index in [2.05, 4.69) is 4.98 Å². The maximum atomic E-state index is 12.3. The van der Waals surface area contributed by atoms with Gasteiger partial charge in [-0.3, -0.25) is 0 Å². The predicted molar refractivity (Wildman–Crippen MR) is 55.6 cm³/mol. The fourth-order valence-electron chi connectivity index (χ4n) is 0.930. The van der Waals surface area contributed by atoms with Crippen LogP contribution in [-0.4, -0.2) is 4.98 Å². The van der Waals surface area contributed by atoms with Gasteiger partial charge in [0.1, 0.15) is 5.69 Å². The van der Waals surface area contributed by atoms with Crippen LogP contribution in [0, 0.1) is 14.9 Å². The number of halogens is 3. The molecule has 0 radical (unpaired) electrons. The minimum absolute atomic E-state index is 0.0109. The summed E-state index contributed by atoms with van der Waals surface area (Å²) in [5.41, 5.74) is 5.66. The van der Waals surface area contributed by atoms with Crippen molar-refractivity contribution in [3.8, 4) is 6.07 Å². The van der Waals surface area contributed by atoms with Gasteiger partial charge in [-0.25, -0.2) is 13.8 Å². The first-order valence-corrected chi connectivity index (χ1v) is 4.74. The molecule has 74 valence electrons. The summed E-state index contributed by atoms with van der Waals surface area (Å²) in [5.74, 6) is 0. The Morgan fingerprint density at radius 2 is 2.29 bits per heavy atom. The number of hydrogen-bond acceptors (Lipinski definition) is 3. The molecule has 0 aliphatic rings. The molecule has 0 aliphatic carbocycles. The van der Waals surface area contributed by atoms with Crippen LogP contribution in [0.3, 0.4) is 0 Å². The lowest BCUT2D eigenvalue weighted by molar-refractivity contribution is 0.146. The Morgan fingerprint density at radius 3 is 2.79 bits per heavy atom. The second-order valence-electron chi connectivity index (χ2n) is 2.53. The summed E-state index contributed by atoms with van der Waals surface area (Å²) in [6.45, 7) is 0. The lowest BCUT2D eigenvalue weighted by Crippen LogP contribution is -2.03. The quantitative estimate of drug-likeness (QED) is 0.853. The monoisotopic (exact) mass is 309 g/mol. The van der Waals surface area contributed by atoms with Crippen LogP contribution in [0.5, 0.6) is 0 Å². The molecule has 0 saturated heterocycles. The Balaban J connectivity index is 3.22. The van der Waals surface area contributed by atoms with E-state index in [-0.39, 0.29) is 17.8 Å². The van der Waals surface area contributed by atoms with Gasteiger partial charge in [0.25, 0.3) is 6.43 Å². The summed E-state index contributed by atoms with van der Waals surface area (Å²) in [7, 11) is 0. The van der Waals surface area contributed by atoms with Crippen LogP contribution in [0.15, 0.2) is 6.07 Å². The third kappa shape index (κ3) is 2.29. The minimum Gasteiger partial charge on any atom is -0.398 e. The minimum atomic E-state index is -2.66. The van der Waals surface area contributed by atoms with Crippen LogP contribution >= 0.6 is 22.6 Å². The molecule has 0 amide bonds. The molecule has 1 heterocycles. The van der Waals surface area contributed by atoms with Gasteiger partial charge in [0.05, 0.1) is 21.8 Å². The summed E-state index contributed by atoms with van der Waals surface area (Å²) in [6, 6.07) is 2.98. The highest BCUT2D eigenvalue weighted by Gasteiger charge is 2.14. The molecule has 1 aromatic heterocycles. The SMILES string of the molecule is N#CCc1nc(C(F)F)cc(N)c1I. The van der Waals surface area contributed by atoms with E-state index in [1.165, 1.54) is 0 Å². The standard InChI is InChI=1S/C8H6F2IN3/c9-8(10)6-3-4(13)7(11)5(14-6)1-2-12/h3,8H,1H2,(H2,13,14). The van der Waals surface area contributed by atoms with Gasteiger partial charge in [0.2, 0.25) is 0 Å². The number of hydrogen-bond donors (Lipinski definition) is 1. The molecule has 14 heavy (non-hydrogen) atoms. The first-order chi connectivity index (χ1) is 6.56. The first-order valence-electron chi connectivity index (χ1n) is 3.66. The number of rotatable bonds is 2. The number of nitriles is 1. The number of nitrogen functional groups attached to an aromatic ring is 1. The lowest BCUT2D eigenvalue weighted by atomic mass is 10.2. The molecule has 0 bridgehead atoms. The van der Waals surface area contributed by atoms with Crippen LogP contribution in [0.4, 0.5) is 14.5 Å². The third-order valence-electron chi connectivity index (χ3n) is 1.54. The van der Waals surface area contributed by atoms with Crippen LogP contribution in [0.25, 0.3) is 0 Å². The molecule has 0 aromatic carbocycles. The smallest absolute Gasteiger partial charge is 0.280 e. The molecule has 1 rings (SSSR count). The molecule has 1 aromatic rings. The third-order valence-corrected chi connectivity index (χ3v) is 2.79. The molecular weight excluding hydrogens is 303 g/mol. The molecule has 0 spiro atoms. The van der Waals surface area contributed by atoms with Gasteiger partial charge in [-0.05, 0) is 28.7 Å². The zero-order valence-electron chi connectivity index (χ0n) is 6.97. The van der Waals surface area contributed by atoms with Crippen molar-refractivity contribution in [3.63, 3.8) is 0 Å². The van der Waals surface area contributed by atoms with E-state index < -0.39 is 6.43 Å². The summed E-state index contributed by atoms with van der Waals surface area (Å²) in [6.07, 6.45) is -2.67. The number of anilines is 1. The van der Waals surface area contributed by atoms with Crippen molar-refractivity contribution in [3.05, 3.63) is 21.0 Å². The molecule has 0 atom stereocenters. The zero-order chi connectivity index (χ0) is 10.7. The highest BCUT2D eigenvalue weighted by molar-refractivity contribution is 14.1. The fraction of sp³-hybridized carbons (Fsp3) is 0.250. The Kier molecular flexibility index (Phi) is 3.57. The van der Waals surface area contributed by atoms with E-state index in [9.17, 15) is 8.78 Å². The Labute approximate surface area is 93.1 Å². The van der Waals surface area contributed by atoms with E-state index in [4.69, 9.17) is 11.0 Å². The Hall–Kier alpha value is -0.970. The summed E-state index contributed by atoms with van der Waals surface area (Å²) < 4.78 is 25.2. The van der Waals surface area contributed by atoms with Crippen molar-refractivity contribution in [1.82, 2.24) is 4.98 Å². The van der Waals surface area contributed by atoms with Gasteiger partial charge in [-0.15, -0.1) is 0 Å². The number of aromatic nitrogens is 1. The number of pyridine rings is 1. The van der Waals surface area contributed by atoms with Crippen molar-refractivity contribution in [2.45, 2.75) is 12.8 Å². The predicted octanol–water partition coefficient (Wildman–Crippen LogP) is 2.27. The van der Waals surface area contributed by atoms with E-state index in [1.54, 1.807) is 0 Å². The van der Waals surface area contributed by atoms with E-state index in [0.717, 1.165) is 6.07 Å². The fourth-order valence-corrected chi connectivity index (χ4v) is 1.40. The van der Waals surface area contributed by atoms with E-state index in [1.807, 2.05) is 28.7 Å². The van der Waals surface area contributed by atoms with Crippen LogP contribution in [0.1, 0.15) is 17.8 Å². The van der Waals surface area contributed by atoms with Crippen molar-refractivity contribution in [2.75, 3.05) is 5.73 Å². The van der Waals surface area contributed by atoms with Crippen molar-refractivity contribution in [2.24, 2.45) is 0 Å². The van der Waals surface area contributed by atoms with Crippen LogP contribution in [0.2, 0.25) is 0 Å². The second kappa shape index (κ2) is 4.50. The molecule has 3 nitrogen and oxygen atoms in total. The van der Waals surface area contributed by atoms with Crippen LogP contribution < -0.4 is 5.73 Å². The Bertz CT molecular complexity index is 387. The largest absolute Gasteiger partial charge is 0.398 e. The van der Waals surface area contributed by atoms with Crippen molar-refractivity contribution in [1.29, 1.82) is 5.26 Å². The molecule has 0 aliphatic heterocycles. The summed E-state index contributed by atoms with van der Waals surface area (Å²) in [5, 5.41) is 8.44. The molecule has 0 saturated carbocycles. The van der Waals surface area contributed by atoms with Gasteiger partial charge in [0.15, 0.2) is 0 Å². The normalized spacial score (nSPS) is 10.2. The summed E-state index contributed by atoms with van der Waals surface area (Å²) in [4.78, 5) is 3.66. The molecule has 2 N–H and O–H groups in total. The maximum absolute atomic E-state index is 12.3. The topological polar surface area (TPSA) is 62.7 Å². The number of alkyl halides is 2. The van der Waals surface area contributed by atoms with Crippen molar-refractivity contribution >= 4 is 28.3 Å². The van der Waals surface area contributed by atoms with Crippen molar-refractivity contribution < 1.29 is 8.78 Å². The van der Waals surface area contributed by atoms with Gasteiger partial charge in [-0.1, -0.05) is 0 Å². The highest BCUT2D eigenvalue weighted by atomic mass is 127. The van der Waals surface area contributed by atoms with Crippen LogP contribution in [-0.2, 0) is 6.42 Å². The highest BCUT2D eigenvalue weighted by Crippen LogP contribution is 2.24. The zero-order valence-corrected chi connectivity index (χ0v) is 9.12. The number of nitrogens with zero attached hydrogens (tertiary/aromatic N) is 2. The average Bonchev–Trinajstić information content (AvgIpc) is 2.12. The number of nitrogens with two attached hydrogens (primary N) is 1. The van der Waals surface area contributed by atoms with Gasteiger partial charge >= 0.3 is 0 Å². The first kappa shape index (κ1) is 11.1. The summed E-state index contributed by atoms with van der Waals surface area (Å²) >= 11 is 1.88. The lowest BCUT2D eigenvalue weighted by Gasteiger charge is -2.06. The van der Waals surface area contributed by atoms with Gasteiger partial charge in [-0.2, -0.15) is 5.26 Å². The van der Waals surface area contributed by atoms with E-state index in [0.29, 0.717) is 9.26 Å². The average molecular weight is 309 g/mol. The van der Waals surface area contributed by atoms with E-state index >= 15 is 0 Å². The molecular formula is C8H6F2IN3. The molecule has 0 fully saturated rings. The Morgan fingerprint density at radius 1 is 1.64 bits per heavy atom. The van der Waals surface area contributed by atoms with Gasteiger partial charge in [0, 0.05) is 5.69 Å². The van der Waals surface area contributed by atoms with Gasteiger partial charge < -0.3 is 5.73 Å². The molecule has 0 unspecified atom stereocenters. The maximum Gasteiger partial charge on any atom is 0.280 e. The molecule has 6 heteroatoms. The second-order valence-corrected chi connectivity index (χ2v) is 3.61.